The number of carbonyl (C=O) groups is 2. The van der Waals surface area contributed by atoms with Gasteiger partial charge >= 0.3 is 11.9 Å². The van der Waals surface area contributed by atoms with E-state index in [2.05, 4.69) is 0 Å². The van der Waals surface area contributed by atoms with Crippen molar-refractivity contribution in [3.05, 3.63) is 70.8 Å². The average molecular weight is 413 g/mol. The molecule has 0 atom stereocenters. The number of rotatable bonds is 4. The Balaban J connectivity index is 0.000000403. The van der Waals surface area contributed by atoms with Gasteiger partial charge in [-0.1, -0.05) is 38.1 Å². The molecule has 0 saturated carbocycles. The van der Waals surface area contributed by atoms with Gasteiger partial charge in [0.15, 0.2) is 0 Å². The fourth-order valence-corrected chi connectivity index (χ4v) is 1.85. The van der Waals surface area contributed by atoms with Crippen LogP contribution in [0.25, 0.3) is 0 Å². The number of aryl methyl sites for hydroxylation is 2. The van der Waals surface area contributed by atoms with Crippen molar-refractivity contribution >= 4 is 11.9 Å². The number of carboxylic acid groups (broad SMARTS) is 2. The Morgan fingerprint density at radius 2 is 1.13 bits per heavy atom. The molecule has 0 bridgehead atoms. The summed E-state index contributed by atoms with van der Waals surface area (Å²) in [5.41, 5.74) is 2.85. The van der Waals surface area contributed by atoms with Gasteiger partial charge in [0.1, 0.15) is 0 Å². The predicted molar refractivity (Wildman–Crippen MR) is 85.6 cm³/mol. The monoisotopic (exact) mass is 414 g/mol. The van der Waals surface area contributed by atoms with Crippen LogP contribution in [0.1, 0.15) is 45.7 Å². The van der Waals surface area contributed by atoms with Crippen molar-refractivity contribution in [2.75, 3.05) is 0 Å². The van der Waals surface area contributed by atoms with Crippen LogP contribution in [0, 0.1) is 0 Å². The van der Waals surface area contributed by atoms with Gasteiger partial charge in [-0.3, -0.25) is 0 Å². The second-order valence-electron chi connectivity index (χ2n) is 4.72. The third-order valence-corrected chi connectivity index (χ3v) is 3.16. The van der Waals surface area contributed by atoms with Gasteiger partial charge in [0, 0.05) is 27.3 Å². The molecule has 118 valence electrons. The molecule has 0 aliphatic heterocycles. The van der Waals surface area contributed by atoms with E-state index in [4.69, 9.17) is 10.2 Å². The number of hydrogen-bond acceptors (Lipinski definition) is 2. The van der Waals surface area contributed by atoms with Gasteiger partial charge in [0.2, 0.25) is 0 Å². The summed E-state index contributed by atoms with van der Waals surface area (Å²) in [5, 5.41) is 17.2. The minimum atomic E-state index is -0.861. The van der Waals surface area contributed by atoms with Crippen molar-refractivity contribution in [3.8, 4) is 0 Å². The Morgan fingerprint density at radius 1 is 0.783 bits per heavy atom. The number of aromatic carboxylic acids is 2. The maximum Gasteiger partial charge on any atom is 0.335 e. The van der Waals surface area contributed by atoms with Crippen LogP contribution in [0.3, 0.4) is 0 Å². The molecular formula is C18H20CdO4. The van der Waals surface area contributed by atoms with Crippen LogP contribution < -0.4 is 0 Å². The van der Waals surface area contributed by atoms with Crippen molar-refractivity contribution in [1.29, 1.82) is 0 Å². The predicted octanol–water partition coefficient (Wildman–Crippen LogP) is 3.89. The smallest absolute Gasteiger partial charge is 0.335 e. The molecule has 2 aromatic carbocycles. The third-order valence-electron chi connectivity index (χ3n) is 3.16. The third kappa shape index (κ3) is 7.41. The van der Waals surface area contributed by atoms with Crippen LogP contribution in [0.2, 0.25) is 0 Å². The SMILES string of the molecule is CCc1cccc(C(=O)O)c1.CCc1cccc(C(=O)O)c1.[Cd]. The zero-order chi connectivity index (χ0) is 16.5. The van der Waals surface area contributed by atoms with Crippen molar-refractivity contribution in [2.24, 2.45) is 0 Å². The minimum Gasteiger partial charge on any atom is -0.478 e. The van der Waals surface area contributed by atoms with E-state index in [1.165, 1.54) is 0 Å². The molecule has 2 aromatic rings. The van der Waals surface area contributed by atoms with E-state index >= 15 is 0 Å². The first-order valence-electron chi connectivity index (χ1n) is 7.12. The standard InChI is InChI=1S/2C9H10O2.Cd/c2*1-2-7-4-3-5-8(6-7)9(10)11;/h2*3-6H,2H2,1H3,(H,10,11);. The zero-order valence-electron chi connectivity index (χ0n) is 13.5. The first kappa shape index (κ1) is 21.3. The molecule has 0 aliphatic carbocycles. The van der Waals surface area contributed by atoms with E-state index in [0.29, 0.717) is 11.1 Å². The second-order valence-corrected chi connectivity index (χ2v) is 4.72. The van der Waals surface area contributed by atoms with Gasteiger partial charge in [-0.25, -0.2) is 9.59 Å². The summed E-state index contributed by atoms with van der Waals surface area (Å²) in [4.78, 5) is 20.9. The topological polar surface area (TPSA) is 74.6 Å². The van der Waals surface area contributed by atoms with E-state index < -0.39 is 11.9 Å². The summed E-state index contributed by atoms with van der Waals surface area (Å²) in [6.45, 7) is 4.00. The van der Waals surface area contributed by atoms with Gasteiger partial charge in [0.05, 0.1) is 11.1 Å². The minimum absolute atomic E-state index is 0. The summed E-state index contributed by atoms with van der Waals surface area (Å²) in [7, 11) is 0. The Kier molecular flexibility index (Phi) is 10.1. The first-order valence-corrected chi connectivity index (χ1v) is 7.12. The molecule has 2 rings (SSSR count). The molecule has 0 unspecified atom stereocenters. The van der Waals surface area contributed by atoms with Crippen LogP contribution in [0.15, 0.2) is 48.5 Å². The van der Waals surface area contributed by atoms with Crippen molar-refractivity contribution in [2.45, 2.75) is 26.7 Å². The number of carboxylic acids is 2. The molecule has 4 nitrogen and oxygen atoms in total. The van der Waals surface area contributed by atoms with Crippen LogP contribution >= 0.6 is 0 Å². The molecule has 0 radical (unpaired) electrons. The molecule has 0 heterocycles. The van der Waals surface area contributed by atoms with Gasteiger partial charge in [-0.15, -0.1) is 0 Å². The van der Waals surface area contributed by atoms with Crippen LogP contribution in [0.5, 0.6) is 0 Å². The van der Waals surface area contributed by atoms with Gasteiger partial charge in [-0.2, -0.15) is 0 Å². The summed E-state index contributed by atoms with van der Waals surface area (Å²) >= 11 is 0. The van der Waals surface area contributed by atoms with Crippen LogP contribution in [-0.4, -0.2) is 22.2 Å². The van der Waals surface area contributed by atoms with E-state index in [0.717, 1.165) is 24.0 Å². The molecule has 0 saturated heterocycles. The molecule has 23 heavy (non-hydrogen) atoms. The van der Waals surface area contributed by atoms with E-state index in [1.54, 1.807) is 36.4 Å². The Hall–Kier alpha value is -1.70. The zero-order valence-corrected chi connectivity index (χ0v) is 17.5. The number of hydrogen-bond donors (Lipinski definition) is 2. The number of benzene rings is 2. The first-order chi connectivity index (χ1) is 10.5. The molecule has 2 N–H and O–H groups in total. The van der Waals surface area contributed by atoms with E-state index in [1.807, 2.05) is 26.0 Å². The average Bonchev–Trinajstić information content (AvgIpc) is 2.55. The summed E-state index contributed by atoms with van der Waals surface area (Å²) in [6, 6.07) is 14.0. The maximum atomic E-state index is 10.5. The fraction of sp³-hybridized carbons (Fsp3) is 0.222. The van der Waals surface area contributed by atoms with E-state index in [-0.39, 0.29) is 27.3 Å². The molecule has 0 fully saturated rings. The fourth-order valence-electron chi connectivity index (χ4n) is 1.85. The van der Waals surface area contributed by atoms with Gasteiger partial charge < -0.3 is 10.2 Å². The van der Waals surface area contributed by atoms with Crippen LogP contribution in [-0.2, 0) is 40.1 Å². The molecule has 0 aliphatic rings. The molecule has 5 heteroatoms. The molecule has 0 aromatic heterocycles. The summed E-state index contributed by atoms with van der Waals surface area (Å²) in [6.07, 6.45) is 1.75. The summed E-state index contributed by atoms with van der Waals surface area (Å²) in [5.74, 6) is -1.72. The normalized spacial score (nSPS) is 9.13. The van der Waals surface area contributed by atoms with Crippen molar-refractivity contribution < 1.29 is 47.1 Å². The quantitative estimate of drug-likeness (QED) is 0.747. The van der Waals surface area contributed by atoms with Gasteiger partial charge in [-0.05, 0) is 48.2 Å². The molecule has 0 spiro atoms. The van der Waals surface area contributed by atoms with Crippen molar-refractivity contribution in [3.63, 3.8) is 0 Å². The van der Waals surface area contributed by atoms with Gasteiger partial charge in [0.25, 0.3) is 0 Å². The van der Waals surface area contributed by atoms with Crippen molar-refractivity contribution in [1.82, 2.24) is 0 Å². The Labute approximate surface area is 156 Å². The Bertz CT molecular complexity index is 595. The maximum absolute atomic E-state index is 10.5. The second kappa shape index (κ2) is 10.9. The van der Waals surface area contributed by atoms with E-state index in [9.17, 15) is 9.59 Å². The Morgan fingerprint density at radius 3 is 1.39 bits per heavy atom. The summed E-state index contributed by atoms with van der Waals surface area (Å²) < 4.78 is 0. The largest absolute Gasteiger partial charge is 0.478 e. The van der Waals surface area contributed by atoms with Crippen LogP contribution in [0.4, 0.5) is 0 Å². The molecular weight excluding hydrogens is 393 g/mol. The molecule has 0 amide bonds.